The molecule has 7 aromatic rings. The Morgan fingerprint density at radius 2 is 0.825 bits per heavy atom. The molecule has 0 heteroatoms. The Kier molecular flexibility index (Phi) is 5.06. The largest absolute Gasteiger partial charge is 0.0713 e. The maximum Gasteiger partial charge on any atom is 0.0713 e. The quantitative estimate of drug-likeness (QED) is 0.208. The molecule has 7 aromatic carbocycles. The molecule has 0 aliphatic heterocycles. The molecule has 0 atom stereocenters. The van der Waals surface area contributed by atoms with E-state index < -0.39 is 5.41 Å². The van der Waals surface area contributed by atoms with Gasteiger partial charge >= 0.3 is 0 Å². The average molecular weight is 509 g/mol. The van der Waals surface area contributed by atoms with E-state index in [0.29, 0.717) is 0 Å². The molecule has 0 N–H and O–H groups in total. The van der Waals surface area contributed by atoms with Gasteiger partial charge in [-0.3, -0.25) is 0 Å². The Morgan fingerprint density at radius 1 is 0.350 bits per heavy atom. The molecule has 1 aliphatic rings. The second-order valence-corrected chi connectivity index (χ2v) is 10.8. The summed E-state index contributed by atoms with van der Waals surface area (Å²) in [4.78, 5) is 0. The molecule has 0 saturated heterocycles. The van der Waals surface area contributed by atoms with Gasteiger partial charge in [0.1, 0.15) is 0 Å². The molecule has 1 aliphatic carbocycles. The Balaban J connectivity index is 1.56. The SMILES string of the molecule is Cc1c(-c2cccc3c2-c2ccccc2C3(c2ccccc2)c2ccccc2)c2ccccc2c2ccccc12. The van der Waals surface area contributed by atoms with E-state index in [0.717, 1.165) is 0 Å². The van der Waals surface area contributed by atoms with Crippen molar-refractivity contribution < 1.29 is 0 Å². The number of hydrogen-bond donors (Lipinski definition) is 0. The lowest BCUT2D eigenvalue weighted by Gasteiger charge is -2.34. The zero-order chi connectivity index (χ0) is 26.7. The van der Waals surface area contributed by atoms with Crippen LogP contribution in [0.4, 0.5) is 0 Å². The van der Waals surface area contributed by atoms with E-state index >= 15 is 0 Å². The molecule has 40 heavy (non-hydrogen) atoms. The van der Waals surface area contributed by atoms with E-state index in [2.05, 4.69) is 159 Å². The van der Waals surface area contributed by atoms with Crippen molar-refractivity contribution in [2.75, 3.05) is 0 Å². The minimum absolute atomic E-state index is 0.398. The third-order valence-electron chi connectivity index (χ3n) is 8.94. The van der Waals surface area contributed by atoms with Crippen LogP contribution in [0.15, 0.2) is 152 Å². The zero-order valence-corrected chi connectivity index (χ0v) is 22.4. The number of benzene rings is 7. The number of fused-ring (bicyclic) bond motifs is 6. The van der Waals surface area contributed by atoms with Gasteiger partial charge in [-0.1, -0.05) is 152 Å². The summed E-state index contributed by atoms with van der Waals surface area (Å²) in [6.45, 7) is 2.30. The highest BCUT2D eigenvalue weighted by atomic mass is 14.5. The molecule has 0 nitrogen and oxygen atoms in total. The molecule has 0 fully saturated rings. The molecule has 0 amide bonds. The molecular formula is C40H28. The summed E-state index contributed by atoms with van der Waals surface area (Å²) in [5, 5.41) is 5.24. The predicted octanol–water partition coefficient (Wildman–Crippen LogP) is 10.3. The Bertz CT molecular complexity index is 2010. The minimum atomic E-state index is -0.398. The van der Waals surface area contributed by atoms with Crippen LogP contribution in [0.5, 0.6) is 0 Å². The smallest absolute Gasteiger partial charge is 0.0622 e. The first-order chi connectivity index (χ1) is 19.8. The van der Waals surface area contributed by atoms with Gasteiger partial charge in [0.05, 0.1) is 5.41 Å². The predicted molar refractivity (Wildman–Crippen MR) is 169 cm³/mol. The van der Waals surface area contributed by atoms with Crippen molar-refractivity contribution in [3.05, 3.63) is 179 Å². The molecule has 8 rings (SSSR count). The third-order valence-corrected chi connectivity index (χ3v) is 8.94. The van der Waals surface area contributed by atoms with Crippen molar-refractivity contribution in [3.8, 4) is 22.3 Å². The lowest BCUT2D eigenvalue weighted by Crippen LogP contribution is -2.28. The third kappa shape index (κ3) is 3.02. The van der Waals surface area contributed by atoms with Crippen molar-refractivity contribution in [2.24, 2.45) is 0 Å². The van der Waals surface area contributed by atoms with E-state index in [1.54, 1.807) is 0 Å². The van der Waals surface area contributed by atoms with Crippen LogP contribution in [0.25, 0.3) is 43.8 Å². The molecule has 188 valence electrons. The molecule has 0 heterocycles. The fourth-order valence-corrected chi connectivity index (χ4v) is 7.37. The van der Waals surface area contributed by atoms with Crippen LogP contribution in [0.1, 0.15) is 27.8 Å². The summed E-state index contributed by atoms with van der Waals surface area (Å²) in [6, 6.07) is 55.9. The molecule has 0 bridgehead atoms. The van der Waals surface area contributed by atoms with Gasteiger partial charge in [-0.2, -0.15) is 0 Å². The van der Waals surface area contributed by atoms with Gasteiger partial charge in [-0.15, -0.1) is 0 Å². The monoisotopic (exact) mass is 508 g/mol. The highest BCUT2D eigenvalue weighted by Crippen LogP contribution is 2.58. The van der Waals surface area contributed by atoms with Crippen LogP contribution in [0, 0.1) is 6.92 Å². The first-order valence-corrected chi connectivity index (χ1v) is 14.0. The van der Waals surface area contributed by atoms with Gasteiger partial charge in [-0.25, -0.2) is 0 Å². The summed E-state index contributed by atoms with van der Waals surface area (Å²) in [5.41, 5.74) is 11.5. The van der Waals surface area contributed by atoms with Gasteiger partial charge in [0.15, 0.2) is 0 Å². The Morgan fingerprint density at radius 3 is 1.50 bits per heavy atom. The van der Waals surface area contributed by atoms with E-state index in [-0.39, 0.29) is 0 Å². The van der Waals surface area contributed by atoms with Gasteiger partial charge in [-0.05, 0) is 78.5 Å². The summed E-state index contributed by atoms with van der Waals surface area (Å²) in [7, 11) is 0. The fourth-order valence-electron chi connectivity index (χ4n) is 7.37. The molecule has 0 aromatic heterocycles. The first-order valence-electron chi connectivity index (χ1n) is 14.0. The van der Waals surface area contributed by atoms with Crippen LogP contribution in [0.3, 0.4) is 0 Å². The highest BCUT2D eigenvalue weighted by molar-refractivity contribution is 6.17. The lowest BCUT2D eigenvalue weighted by atomic mass is 9.67. The number of hydrogen-bond acceptors (Lipinski definition) is 0. The topological polar surface area (TPSA) is 0 Å². The van der Waals surface area contributed by atoms with Crippen LogP contribution < -0.4 is 0 Å². The molecule has 0 spiro atoms. The normalized spacial score (nSPS) is 13.3. The summed E-state index contributed by atoms with van der Waals surface area (Å²) in [5.74, 6) is 0. The van der Waals surface area contributed by atoms with Crippen LogP contribution >= 0.6 is 0 Å². The minimum Gasteiger partial charge on any atom is -0.0622 e. The van der Waals surface area contributed by atoms with Gasteiger partial charge in [0.25, 0.3) is 0 Å². The van der Waals surface area contributed by atoms with E-state index in [1.807, 2.05) is 0 Å². The Labute approximate surface area is 235 Å². The van der Waals surface area contributed by atoms with Crippen molar-refractivity contribution in [3.63, 3.8) is 0 Å². The van der Waals surface area contributed by atoms with Crippen molar-refractivity contribution >= 4 is 21.5 Å². The maximum atomic E-state index is 2.36. The zero-order valence-electron chi connectivity index (χ0n) is 22.4. The summed E-state index contributed by atoms with van der Waals surface area (Å²) in [6.07, 6.45) is 0. The van der Waals surface area contributed by atoms with E-state index in [9.17, 15) is 0 Å². The van der Waals surface area contributed by atoms with E-state index in [4.69, 9.17) is 0 Å². The second kappa shape index (κ2) is 8.79. The first kappa shape index (κ1) is 23.0. The lowest BCUT2D eigenvalue weighted by molar-refractivity contribution is 0.768. The fraction of sp³-hybridized carbons (Fsp3) is 0.0500. The van der Waals surface area contributed by atoms with Gasteiger partial charge in [0.2, 0.25) is 0 Å². The Hall–Kier alpha value is -4.94. The molecule has 0 radical (unpaired) electrons. The van der Waals surface area contributed by atoms with Gasteiger partial charge in [0, 0.05) is 0 Å². The standard InChI is InChI=1S/C40H28/c1-27-30-19-8-9-20-31(30)32-21-10-11-22-33(32)38(27)35-24-14-26-37-39(35)34-23-12-13-25-36(34)40(37,28-15-4-2-5-16-28)29-17-6-3-7-18-29/h2-26H,1H3. The van der Waals surface area contributed by atoms with Crippen LogP contribution in [-0.2, 0) is 5.41 Å². The molecule has 0 unspecified atom stereocenters. The average Bonchev–Trinajstić information content (AvgIpc) is 3.34. The van der Waals surface area contributed by atoms with Crippen molar-refractivity contribution in [1.82, 2.24) is 0 Å². The van der Waals surface area contributed by atoms with E-state index in [1.165, 1.54) is 71.6 Å². The number of aryl methyl sites for hydroxylation is 1. The van der Waals surface area contributed by atoms with Crippen LogP contribution in [-0.4, -0.2) is 0 Å². The van der Waals surface area contributed by atoms with Crippen molar-refractivity contribution in [1.29, 1.82) is 0 Å². The second-order valence-electron chi connectivity index (χ2n) is 10.8. The van der Waals surface area contributed by atoms with Crippen molar-refractivity contribution in [2.45, 2.75) is 12.3 Å². The molecular weight excluding hydrogens is 480 g/mol. The highest BCUT2D eigenvalue weighted by Gasteiger charge is 2.46. The maximum absolute atomic E-state index is 2.36. The number of rotatable bonds is 3. The van der Waals surface area contributed by atoms with Crippen LogP contribution in [0.2, 0.25) is 0 Å². The molecule has 0 saturated carbocycles. The summed E-state index contributed by atoms with van der Waals surface area (Å²) < 4.78 is 0. The summed E-state index contributed by atoms with van der Waals surface area (Å²) >= 11 is 0. The van der Waals surface area contributed by atoms with Gasteiger partial charge < -0.3 is 0 Å².